The lowest BCUT2D eigenvalue weighted by atomic mass is 10.00. The van der Waals surface area contributed by atoms with Gasteiger partial charge in [0.1, 0.15) is 0 Å². The van der Waals surface area contributed by atoms with E-state index in [1.807, 2.05) is 38.1 Å². The summed E-state index contributed by atoms with van der Waals surface area (Å²) in [6, 6.07) is 12.7. The Bertz CT molecular complexity index is 884. The highest BCUT2D eigenvalue weighted by molar-refractivity contribution is 6.34. The third kappa shape index (κ3) is 3.30. The van der Waals surface area contributed by atoms with Crippen LogP contribution in [0, 0.1) is 13.8 Å². The zero-order valence-corrected chi connectivity index (χ0v) is 14.8. The minimum absolute atomic E-state index is 0.0733. The number of aliphatic hydroxyl groups excluding tert-OH is 1. The second kappa shape index (κ2) is 6.73. The van der Waals surface area contributed by atoms with E-state index in [2.05, 4.69) is 0 Å². The quantitative estimate of drug-likeness (QED) is 0.848. The maximum Gasteiger partial charge on any atom is 0.296 e. The smallest absolute Gasteiger partial charge is 0.296 e. The Morgan fingerprint density at radius 1 is 0.960 bits per heavy atom. The van der Waals surface area contributed by atoms with Gasteiger partial charge in [-0.1, -0.05) is 41.9 Å². The largest absolute Gasteiger partial charge is 0.502 e. The highest BCUT2D eigenvalue weighted by atomic mass is 35.5. The summed E-state index contributed by atoms with van der Waals surface area (Å²) in [5.74, 6) is -1.59. The van der Waals surface area contributed by atoms with Crippen molar-refractivity contribution in [2.75, 3.05) is 6.54 Å². The molecule has 0 saturated heterocycles. The van der Waals surface area contributed by atoms with Crippen LogP contribution in [0.5, 0.6) is 0 Å². The van der Waals surface area contributed by atoms with Gasteiger partial charge < -0.3 is 5.11 Å². The van der Waals surface area contributed by atoms with Crippen molar-refractivity contribution in [3.8, 4) is 0 Å². The summed E-state index contributed by atoms with van der Waals surface area (Å²) in [5.41, 5.74) is 3.68. The third-order valence-electron chi connectivity index (χ3n) is 4.48. The number of aliphatic hydroxyl groups is 1. The Morgan fingerprint density at radius 3 is 2.28 bits per heavy atom. The van der Waals surface area contributed by atoms with Gasteiger partial charge in [0.2, 0.25) is 0 Å². The van der Waals surface area contributed by atoms with Gasteiger partial charge in [0, 0.05) is 11.6 Å². The maximum atomic E-state index is 12.7. The molecule has 0 atom stereocenters. The van der Waals surface area contributed by atoms with Crippen LogP contribution in [0.1, 0.15) is 22.3 Å². The van der Waals surface area contributed by atoms with Crippen LogP contribution in [0.3, 0.4) is 0 Å². The molecule has 0 spiro atoms. The number of amides is 2. The topological polar surface area (TPSA) is 57.6 Å². The number of hydrogen-bond donors (Lipinski definition) is 1. The van der Waals surface area contributed by atoms with Gasteiger partial charge in [0.25, 0.3) is 11.8 Å². The molecule has 0 unspecified atom stereocenters. The first-order valence-electron chi connectivity index (χ1n) is 8.00. The third-order valence-corrected chi connectivity index (χ3v) is 4.73. The molecule has 1 heterocycles. The molecular weight excluding hydrogens is 338 g/mol. The van der Waals surface area contributed by atoms with E-state index >= 15 is 0 Å². The van der Waals surface area contributed by atoms with Crippen LogP contribution in [0.15, 0.2) is 48.2 Å². The van der Waals surface area contributed by atoms with E-state index in [0.717, 1.165) is 21.6 Å². The molecule has 0 bridgehead atoms. The van der Waals surface area contributed by atoms with Crippen LogP contribution in [0.2, 0.25) is 5.02 Å². The number of nitrogens with zero attached hydrogens (tertiary/aromatic N) is 1. The Kier molecular flexibility index (Phi) is 4.64. The summed E-state index contributed by atoms with van der Waals surface area (Å²) in [5, 5.41) is 10.8. The van der Waals surface area contributed by atoms with Crippen molar-refractivity contribution in [2.45, 2.75) is 20.3 Å². The van der Waals surface area contributed by atoms with Crippen molar-refractivity contribution in [1.82, 2.24) is 4.90 Å². The minimum atomic E-state index is -0.646. The highest BCUT2D eigenvalue weighted by Gasteiger charge is 2.38. The molecule has 1 aliphatic heterocycles. The Balaban J connectivity index is 1.81. The number of carbonyl (C=O) groups is 2. The van der Waals surface area contributed by atoms with Crippen LogP contribution < -0.4 is 0 Å². The fraction of sp³-hybridized carbons (Fsp3) is 0.200. The zero-order valence-electron chi connectivity index (χ0n) is 14.0. The van der Waals surface area contributed by atoms with E-state index < -0.39 is 17.6 Å². The Hall–Kier alpha value is -2.59. The number of aryl methyl sites for hydroxylation is 2. The lowest BCUT2D eigenvalue weighted by Crippen LogP contribution is -2.33. The molecule has 0 saturated carbocycles. The molecular formula is C20H18ClNO3. The van der Waals surface area contributed by atoms with Crippen LogP contribution >= 0.6 is 11.6 Å². The van der Waals surface area contributed by atoms with Gasteiger partial charge in [-0.05, 0) is 54.7 Å². The van der Waals surface area contributed by atoms with Crippen LogP contribution in [-0.4, -0.2) is 28.4 Å². The highest BCUT2D eigenvalue weighted by Crippen LogP contribution is 2.29. The predicted octanol–water partition coefficient (Wildman–Crippen LogP) is 3.84. The molecule has 25 heavy (non-hydrogen) atoms. The van der Waals surface area contributed by atoms with E-state index in [9.17, 15) is 14.7 Å². The predicted molar refractivity (Wildman–Crippen MR) is 97.3 cm³/mol. The summed E-state index contributed by atoms with van der Waals surface area (Å²) in [4.78, 5) is 26.1. The monoisotopic (exact) mass is 355 g/mol. The molecule has 0 radical (unpaired) electrons. The summed E-state index contributed by atoms with van der Waals surface area (Å²) in [7, 11) is 0. The Morgan fingerprint density at radius 2 is 1.64 bits per heavy atom. The molecule has 2 amide bonds. The van der Waals surface area contributed by atoms with Gasteiger partial charge in [-0.2, -0.15) is 0 Å². The van der Waals surface area contributed by atoms with Crippen molar-refractivity contribution in [3.63, 3.8) is 0 Å². The lowest BCUT2D eigenvalue weighted by Gasteiger charge is -2.14. The first-order valence-corrected chi connectivity index (χ1v) is 8.38. The molecule has 4 nitrogen and oxygen atoms in total. The first kappa shape index (κ1) is 17.2. The lowest BCUT2D eigenvalue weighted by molar-refractivity contribution is -0.138. The average molecular weight is 356 g/mol. The fourth-order valence-electron chi connectivity index (χ4n) is 2.82. The van der Waals surface area contributed by atoms with Crippen molar-refractivity contribution in [2.24, 2.45) is 0 Å². The number of hydrogen-bond acceptors (Lipinski definition) is 3. The normalized spacial score (nSPS) is 14.6. The van der Waals surface area contributed by atoms with Crippen molar-refractivity contribution >= 4 is 29.0 Å². The molecule has 0 fully saturated rings. The van der Waals surface area contributed by atoms with Gasteiger partial charge in [-0.25, -0.2) is 0 Å². The van der Waals surface area contributed by atoms with Gasteiger partial charge in [-0.3, -0.25) is 14.5 Å². The molecule has 128 valence electrons. The van der Waals surface area contributed by atoms with E-state index in [4.69, 9.17) is 11.6 Å². The second-order valence-electron chi connectivity index (χ2n) is 6.16. The van der Waals surface area contributed by atoms with Crippen LogP contribution in [0.4, 0.5) is 0 Å². The SMILES string of the molecule is Cc1ccc(C2=C(O)C(=O)N(CCc3ccc(Cl)cc3)C2=O)cc1C. The number of imide groups is 1. The van der Waals surface area contributed by atoms with E-state index in [-0.39, 0.29) is 12.1 Å². The molecule has 1 aliphatic rings. The van der Waals surface area contributed by atoms with Crippen molar-refractivity contribution in [3.05, 3.63) is 75.5 Å². The number of benzene rings is 2. The van der Waals surface area contributed by atoms with Crippen molar-refractivity contribution < 1.29 is 14.7 Å². The molecule has 2 aromatic carbocycles. The Labute approximate surface area is 151 Å². The number of carbonyl (C=O) groups excluding carboxylic acids is 2. The maximum absolute atomic E-state index is 12.7. The van der Waals surface area contributed by atoms with E-state index in [1.165, 1.54) is 0 Å². The second-order valence-corrected chi connectivity index (χ2v) is 6.60. The molecule has 1 N–H and O–H groups in total. The van der Waals surface area contributed by atoms with Gasteiger partial charge in [0.15, 0.2) is 5.76 Å². The number of rotatable bonds is 4. The minimum Gasteiger partial charge on any atom is -0.502 e. The van der Waals surface area contributed by atoms with Gasteiger partial charge in [-0.15, -0.1) is 0 Å². The average Bonchev–Trinajstić information content (AvgIpc) is 2.80. The first-order chi connectivity index (χ1) is 11.9. The zero-order chi connectivity index (χ0) is 18.1. The number of halogens is 1. The van der Waals surface area contributed by atoms with Gasteiger partial charge in [0.05, 0.1) is 5.57 Å². The van der Waals surface area contributed by atoms with Crippen LogP contribution in [0.25, 0.3) is 5.57 Å². The molecule has 0 aromatic heterocycles. The molecule has 0 aliphatic carbocycles. The summed E-state index contributed by atoms with van der Waals surface area (Å²) < 4.78 is 0. The van der Waals surface area contributed by atoms with Crippen molar-refractivity contribution in [1.29, 1.82) is 0 Å². The van der Waals surface area contributed by atoms with Gasteiger partial charge >= 0.3 is 0 Å². The van der Waals surface area contributed by atoms with E-state index in [1.54, 1.807) is 18.2 Å². The fourth-order valence-corrected chi connectivity index (χ4v) is 2.94. The molecule has 3 rings (SSSR count). The molecule has 5 heteroatoms. The summed E-state index contributed by atoms with van der Waals surface area (Å²) >= 11 is 5.86. The standard InChI is InChI=1S/C20H18ClNO3/c1-12-3-6-15(11-13(12)2)17-18(23)20(25)22(19(17)24)10-9-14-4-7-16(21)8-5-14/h3-8,11,23H,9-10H2,1-2H3. The van der Waals surface area contributed by atoms with Crippen LogP contribution in [-0.2, 0) is 16.0 Å². The summed E-state index contributed by atoms with van der Waals surface area (Å²) in [6.07, 6.45) is 0.502. The van der Waals surface area contributed by atoms with E-state index in [0.29, 0.717) is 17.0 Å². The summed E-state index contributed by atoms with van der Waals surface area (Å²) in [6.45, 7) is 4.10. The molecule has 2 aromatic rings.